The predicted molar refractivity (Wildman–Crippen MR) is 99.8 cm³/mol. The van der Waals surface area contributed by atoms with E-state index in [9.17, 15) is 21.6 Å². The van der Waals surface area contributed by atoms with Gasteiger partial charge in [0.05, 0.1) is 11.5 Å². The van der Waals surface area contributed by atoms with Crippen molar-refractivity contribution in [3.63, 3.8) is 0 Å². The van der Waals surface area contributed by atoms with E-state index in [1.807, 2.05) is 0 Å². The molecule has 0 amide bonds. The maximum Gasteiger partial charge on any atom is 0.416 e. The van der Waals surface area contributed by atoms with Gasteiger partial charge in [-0.05, 0) is 36.4 Å². The van der Waals surface area contributed by atoms with Gasteiger partial charge < -0.3 is 4.52 Å². The number of thiophene rings is 1. The van der Waals surface area contributed by atoms with Crippen LogP contribution < -0.4 is 0 Å². The summed E-state index contributed by atoms with van der Waals surface area (Å²) in [4.78, 5) is 4.30. The molecule has 0 bridgehead atoms. The van der Waals surface area contributed by atoms with Crippen LogP contribution in [0.2, 0.25) is 0 Å². The highest BCUT2D eigenvalue weighted by atomic mass is 32.2. The molecule has 0 spiro atoms. The van der Waals surface area contributed by atoms with E-state index < -0.39 is 21.8 Å². The summed E-state index contributed by atoms with van der Waals surface area (Å²) in [5.74, 6) is 0.187. The highest BCUT2D eigenvalue weighted by Crippen LogP contribution is 2.33. The normalized spacial score (nSPS) is 18.8. The first-order valence-electron chi connectivity index (χ1n) is 8.80. The molecule has 2 aromatic heterocycles. The van der Waals surface area contributed by atoms with Crippen LogP contribution in [0.3, 0.4) is 0 Å². The summed E-state index contributed by atoms with van der Waals surface area (Å²) in [6, 6.07) is 7.74. The van der Waals surface area contributed by atoms with Gasteiger partial charge in [0.25, 0.3) is 10.0 Å². The van der Waals surface area contributed by atoms with Gasteiger partial charge in [-0.2, -0.15) is 22.5 Å². The fourth-order valence-corrected chi connectivity index (χ4v) is 5.89. The molecule has 0 radical (unpaired) electrons. The van der Waals surface area contributed by atoms with Crippen LogP contribution in [-0.2, 0) is 16.2 Å². The first-order chi connectivity index (χ1) is 13.7. The topological polar surface area (TPSA) is 76.3 Å². The van der Waals surface area contributed by atoms with E-state index in [4.69, 9.17) is 4.52 Å². The summed E-state index contributed by atoms with van der Waals surface area (Å²) in [6.07, 6.45) is -3.08. The lowest BCUT2D eigenvalue weighted by atomic mass is 10.00. The smallest absolute Gasteiger partial charge is 0.339 e. The maximum atomic E-state index is 12.7. The molecule has 0 aliphatic carbocycles. The van der Waals surface area contributed by atoms with Crippen molar-refractivity contribution >= 4 is 21.4 Å². The summed E-state index contributed by atoms with van der Waals surface area (Å²) in [7, 11) is -3.57. The monoisotopic (exact) mass is 443 g/mol. The number of halogens is 3. The molecule has 4 rings (SSSR count). The number of rotatable bonds is 4. The van der Waals surface area contributed by atoms with Crippen LogP contribution in [-0.4, -0.2) is 36.0 Å². The molecule has 1 aromatic carbocycles. The Kier molecular flexibility index (Phi) is 5.21. The van der Waals surface area contributed by atoms with Gasteiger partial charge in [-0.3, -0.25) is 0 Å². The molecular formula is C18H16F3N3O3S2. The molecule has 11 heteroatoms. The van der Waals surface area contributed by atoms with Crippen LogP contribution in [0.1, 0.15) is 30.2 Å². The zero-order chi connectivity index (χ0) is 20.6. The molecule has 1 atom stereocenters. The minimum Gasteiger partial charge on any atom is -0.339 e. The zero-order valence-corrected chi connectivity index (χ0v) is 16.6. The van der Waals surface area contributed by atoms with Crippen LogP contribution in [0.15, 0.2) is 50.5 Å². The number of hydrogen-bond donors (Lipinski definition) is 0. The van der Waals surface area contributed by atoms with Gasteiger partial charge in [-0.15, -0.1) is 11.3 Å². The van der Waals surface area contributed by atoms with Gasteiger partial charge in [0.15, 0.2) is 0 Å². The highest BCUT2D eigenvalue weighted by Gasteiger charge is 2.34. The lowest BCUT2D eigenvalue weighted by Crippen LogP contribution is -2.38. The average Bonchev–Trinajstić information content (AvgIpc) is 3.40. The molecule has 1 fully saturated rings. The van der Waals surface area contributed by atoms with Crippen molar-refractivity contribution in [2.24, 2.45) is 0 Å². The maximum absolute atomic E-state index is 12.7. The van der Waals surface area contributed by atoms with Crippen molar-refractivity contribution in [1.29, 1.82) is 0 Å². The van der Waals surface area contributed by atoms with Gasteiger partial charge in [0.1, 0.15) is 4.21 Å². The van der Waals surface area contributed by atoms with Gasteiger partial charge in [0.2, 0.25) is 11.7 Å². The molecule has 0 N–H and O–H groups in total. The van der Waals surface area contributed by atoms with E-state index in [-0.39, 0.29) is 28.4 Å². The Morgan fingerprint density at radius 3 is 2.59 bits per heavy atom. The van der Waals surface area contributed by atoms with E-state index in [0.717, 1.165) is 23.5 Å². The van der Waals surface area contributed by atoms with E-state index in [2.05, 4.69) is 10.1 Å². The summed E-state index contributed by atoms with van der Waals surface area (Å²) in [5, 5.41) is 5.57. The van der Waals surface area contributed by atoms with Crippen molar-refractivity contribution in [2.45, 2.75) is 29.1 Å². The standard InChI is InChI=1S/C18H16F3N3O3S2/c19-18(20,21)14-7-5-12(6-8-14)16-22-17(27-23-16)13-3-1-9-24(11-13)29(25,26)15-4-2-10-28-15/h2,4-8,10,13H,1,3,9,11H2/t13-/m1/s1. The van der Waals surface area contributed by atoms with E-state index >= 15 is 0 Å². The molecular weight excluding hydrogens is 427 g/mol. The summed E-state index contributed by atoms with van der Waals surface area (Å²) >= 11 is 1.16. The van der Waals surface area contributed by atoms with Crippen molar-refractivity contribution in [3.8, 4) is 11.4 Å². The SMILES string of the molecule is O=S(=O)(c1cccs1)N1CCC[C@@H](c2nc(-c3ccc(C(F)(F)F)cc3)no2)C1. The third-order valence-corrected chi connectivity index (χ3v) is 7.97. The first-order valence-corrected chi connectivity index (χ1v) is 11.1. The van der Waals surface area contributed by atoms with Crippen molar-refractivity contribution in [3.05, 3.63) is 53.2 Å². The van der Waals surface area contributed by atoms with E-state index in [1.165, 1.54) is 16.4 Å². The number of alkyl halides is 3. The molecule has 1 aliphatic heterocycles. The molecule has 0 unspecified atom stereocenters. The van der Waals surface area contributed by atoms with Crippen LogP contribution in [0, 0.1) is 0 Å². The molecule has 1 saturated heterocycles. The molecule has 3 aromatic rings. The largest absolute Gasteiger partial charge is 0.416 e. The second kappa shape index (κ2) is 7.54. The minimum absolute atomic E-state index is 0.173. The second-order valence-corrected chi connectivity index (χ2v) is 9.78. The Morgan fingerprint density at radius 2 is 1.93 bits per heavy atom. The Morgan fingerprint density at radius 1 is 1.17 bits per heavy atom. The predicted octanol–water partition coefficient (Wildman–Crippen LogP) is 4.39. The van der Waals surface area contributed by atoms with Gasteiger partial charge >= 0.3 is 6.18 Å². The van der Waals surface area contributed by atoms with Crippen LogP contribution >= 0.6 is 11.3 Å². The third kappa shape index (κ3) is 4.07. The molecule has 0 saturated carbocycles. The fraction of sp³-hybridized carbons (Fsp3) is 0.333. The second-order valence-electron chi connectivity index (χ2n) is 6.67. The number of aromatic nitrogens is 2. The third-order valence-electron chi connectivity index (χ3n) is 4.73. The average molecular weight is 443 g/mol. The van der Waals surface area contributed by atoms with Gasteiger partial charge in [0, 0.05) is 18.7 Å². The van der Waals surface area contributed by atoms with Crippen molar-refractivity contribution < 1.29 is 26.1 Å². The fourth-order valence-electron chi connectivity index (χ4n) is 3.23. The zero-order valence-electron chi connectivity index (χ0n) is 15.0. The van der Waals surface area contributed by atoms with Crippen molar-refractivity contribution in [2.75, 3.05) is 13.1 Å². The Labute approximate surface area is 169 Å². The lowest BCUT2D eigenvalue weighted by molar-refractivity contribution is -0.137. The molecule has 1 aliphatic rings. The molecule has 29 heavy (non-hydrogen) atoms. The molecule has 154 valence electrons. The van der Waals surface area contributed by atoms with Crippen molar-refractivity contribution in [1.82, 2.24) is 14.4 Å². The van der Waals surface area contributed by atoms with E-state index in [0.29, 0.717) is 24.9 Å². The van der Waals surface area contributed by atoms with Gasteiger partial charge in [-0.1, -0.05) is 23.4 Å². The summed E-state index contributed by atoms with van der Waals surface area (Å²) < 4.78 is 70.6. The first kappa shape index (κ1) is 20.0. The summed E-state index contributed by atoms with van der Waals surface area (Å²) in [5.41, 5.74) is -0.362. The Balaban J connectivity index is 1.52. The quantitative estimate of drug-likeness (QED) is 0.598. The van der Waals surface area contributed by atoms with E-state index in [1.54, 1.807) is 17.5 Å². The highest BCUT2D eigenvalue weighted by molar-refractivity contribution is 7.91. The minimum atomic E-state index is -4.42. The number of piperidine rings is 1. The molecule has 3 heterocycles. The van der Waals surface area contributed by atoms with Crippen LogP contribution in [0.4, 0.5) is 13.2 Å². The van der Waals surface area contributed by atoms with Crippen LogP contribution in [0.5, 0.6) is 0 Å². The van der Waals surface area contributed by atoms with Gasteiger partial charge in [-0.25, -0.2) is 8.42 Å². The number of sulfonamides is 1. The summed E-state index contributed by atoms with van der Waals surface area (Å²) in [6.45, 7) is 0.630. The Hall–Kier alpha value is -2.24. The number of benzene rings is 1. The Bertz CT molecular complexity index is 1080. The molecule has 6 nitrogen and oxygen atoms in total. The van der Waals surface area contributed by atoms with Crippen LogP contribution in [0.25, 0.3) is 11.4 Å². The number of nitrogens with zero attached hydrogens (tertiary/aromatic N) is 3. The lowest BCUT2D eigenvalue weighted by Gasteiger charge is -2.29. The number of hydrogen-bond acceptors (Lipinski definition) is 6.